The molecule has 5 rings (SSSR count). The van der Waals surface area contributed by atoms with Gasteiger partial charge in [0, 0.05) is 51.1 Å². The molecule has 0 spiro atoms. The van der Waals surface area contributed by atoms with Gasteiger partial charge in [-0.25, -0.2) is 9.18 Å². The lowest BCUT2D eigenvalue weighted by Crippen LogP contribution is -2.49. The number of ether oxygens (including phenoxy) is 1. The maximum Gasteiger partial charge on any atom is 0.414 e. The normalized spacial score (nSPS) is 24.1. The first kappa shape index (κ1) is 25.2. The Balaban J connectivity index is 1.17. The second-order valence-electron chi connectivity index (χ2n) is 10.3. The number of nitrogens with one attached hydrogen (secondary N) is 1. The molecule has 0 bridgehead atoms. The van der Waals surface area contributed by atoms with Crippen LogP contribution in [0, 0.1) is 11.7 Å². The van der Waals surface area contributed by atoms with Gasteiger partial charge in [-0.2, -0.15) is 0 Å². The van der Waals surface area contributed by atoms with E-state index in [0.717, 1.165) is 37.2 Å². The number of carbonyl (C=O) groups is 3. The topological polar surface area (TPSA) is 82.2 Å². The van der Waals surface area contributed by atoms with Gasteiger partial charge in [0.25, 0.3) is 0 Å². The molecule has 1 N–H and O–H groups in total. The molecule has 2 fully saturated rings. The Morgan fingerprint density at radius 3 is 2.59 bits per heavy atom. The standard InChI is InChI=1S/C28H33FN4O4/c1-18-13-20(27(35)24-6-4-3-5-23(18)24)16-31-9-11-32(12-10-31)26-8-7-21(14-25(26)29)33-17-22(37-28(33)36)15-30-19(2)34/h3-8,14,18,20,22H,9-13,15-17H2,1-2H3,(H,30,34). The Kier molecular flexibility index (Phi) is 7.15. The van der Waals surface area contributed by atoms with Crippen molar-refractivity contribution in [2.24, 2.45) is 5.92 Å². The van der Waals surface area contributed by atoms with Gasteiger partial charge in [-0.3, -0.25) is 19.4 Å². The number of fused-ring (bicyclic) bond motifs is 1. The van der Waals surface area contributed by atoms with Crippen LogP contribution in [-0.4, -0.2) is 74.6 Å². The molecule has 0 aromatic heterocycles. The van der Waals surface area contributed by atoms with Crippen LogP contribution < -0.4 is 15.1 Å². The number of nitrogens with zero attached hydrogens (tertiary/aromatic N) is 3. The summed E-state index contributed by atoms with van der Waals surface area (Å²) in [6.45, 7) is 7.62. The van der Waals surface area contributed by atoms with E-state index in [-0.39, 0.29) is 30.7 Å². The van der Waals surface area contributed by atoms with Crippen LogP contribution in [0.15, 0.2) is 42.5 Å². The van der Waals surface area contributed by atoms with E-state index in [2.05, 4.69) is 23.2 Å². The maximum absolute atomic E-state index is 15.1. The molecular weight excluding hydrogens is 475 g/mol. The third-order valence-electron chi connectivity index (χ3n) is 7.65. The van der Waals surface area contributed by atoms with E-state index in [1.54, 1.807) is 12.1 Å². The van der Waals surface area contributed by atoms with Gasteiger partial charge in [0.1, 0.15) is 11.9 Å². The van der Waals surface area contributed by atoms with Gasteiger partial charge in [0.05, 0.1) is 24.5 Å². The van der Waals surface area contributed by atoms with Gasteiger partial charge in [0.15, 0.2) is 5.78 Å². The van der Waals surface area contributed by atoms with Gasteiger partial charge in [-0.1, -0.05) is 31.2 Å². The van der Waals surface area contributed by atoms with Crippen LogP contribution in [0.25, 0.3) is 0 Å². The molecule has 1 aliphatic carbocycles. The number of piperazine rings is 1. The van der Waals surface area contributed by atoms with Crippen molar-refractivity contribution in [1.82, 2.24) is 10.2 Å². The second-order valence-corrected chi connectivity index (χ2v) is 10.3. The first-order chi connectivity index (χ1) is 17.8. The summed E-state index contributed by atoms with van der Waals surface area (Å²) in [5, 5.41) is 2.64. The molecule has 196 valence electrons. The van der Waals surface area contributed by atoms with Crippen molar-refractivity contribution in [3.8, 4) is 0 Å². The van der Waals surface area contributed by atoms with Gasteiger partial charge >= 0.3 is 6.09 Å². The minimum absolute atomic E-state index is 0.0119. The van der Waals surface area contributed by atoms with E-state index >= 15 is 4.39 Å². The van der Waals surface area contributed by atoms with Crippen molar-refractivity contribution < 1.29 is 23.5 Å². The Bertz CT molecular complexity index is 1200. The van der Waals surface area contributed by atoms with E-state index < -0.39 is 18.0 Å². The molecule has 3 atom stereocenters. The van der Waals surface area contributed by atoms with Crippen molar-refractivity contribution in [2.45, 2.75) is 32.3 Å². The number of hydrogen-bond donors (Lipinski definition) is 1. The minimum Gasteiger partial charge on any atom is -0.442 e. The van der Waals surface area contributed by atoms with Crippen molar-refractivity contribution in [2.75, 3.05) is 55.6 Å². The molecule has 2 aromatic carbocycles. The summed E-state index contributed by atoms with van der Waals surface area (Å²) in [5.41, 5.74) is 2.94. The predicted octanol–water partition coefficient (Wildman–Crippen LogP) is 3.42. The van der Waals surface area contributed by atoms with Gasteiger partial charge in [0.2, 0.25) is 5.91 Å². The van der Waals surface area contributed by atoms with Crippen LogP contribution in [-0.2, 0) is 9.53 Å². The Hall–Kier alpha value is -3.46. The number of benzene rings is 2. The zero-order valence-corrected chi connectivity index (χ0v) is 21.3. The lowest BCUT2D eigenvalue weighted by molar-refractivity contribution is -0.119. The first-order valence-electron chi connectivity index (χ1n) is 12.9. The molecule has 2 aromatic rings. The number of hydrogen-bond acceptors (Lipinski definition) is 6. The largest absolute Gasteiger partial charge is 0.442 e. The van der Waals surface area contributed by atoms with Crippen molar-refractivity contribution >= 4 is 29.2 Å². The zero-order valence-electron chi connectivity index (χ0n) is 21.3. The molecule has 0 radical (unpaired) electrons. The van der Waals surface area contributed by atoms with E-state index in [9.17, 15) is 14.4 Å². The van der Waals surface area contributed by atoms with Crippen LogP contribution in [0.2, 0.25) is 0 Å². The molecule has 9 heteroatoms. The number of halogens is 1. The monoisotopic (exact) mass is 508 g/mol. The Morgan fingerprint density at radius 1 is 1.11 bits per heavy atom. The van der Waals surface area contributed by atoms with E-state index in [1.165, 1.54) is 17.9 Å². The fraction of sp³-hybridized carbons (Fsp3) is 0.464. The molecule has 8 nitrogen and oxygen atoms in total. The number of amides is 2. The molecular formula is C28H33FN4O4. The summed E-state index contributed by atoms with van der Waals surface area (Å²) < 4.78 is 20.4. The summed E-state index contributed by atoms with van der Waals surface area (Å²) in [6.07, 6.45) is -0.165. The summed E-state index contributed by atoms with van der Waals surface area (Å²) in [5.74, 6) is -0.00628. The summed E-state index contributed by atoms with van der Waals surface area (Å²) in [4.78, 5) is 42.2. The maximum atomic E-state index is 15.1. The number of rotatable bonds is 6. The number of anilines is 2. The highest BCUT2D eigenvalue weighted by atomic mass is 19.1. The lowest BCUT2D eigenvalue weighted by Gasteiger charge is -2.39. The van der Waals surface area contributed by atoms with Gasteiger partial charge < -0.3 is 15.0 Å². The van der Waals surface area contributed by atoms with Crippen molar-refractivity contribution in [3.05, 3.63) is 59.4 Å². The fourth-order valence-electron chi connectivity index (χ4n) is 5.69. The molecule has 2 amide bonds. The lowest BCUT2D eigenvalue weighted by atomic mass is 9.76. The predicted molar refractivity (Wildman–Crippen MR) is 139 cm³/mol. The van der Waals surface area contributed by atoms with Crippen LogP contribution >= 0.6 is 0 Å². The van der Waals surface area contributed by atoms with Gasteiger partial charge in [-0.15, -0.1) is 0 Å². The average Bonchev–Trinajstić information content (AvgIpc) is 3.27. The fourth-order valence-corrected chi connectivity index (χ4v) is 5.69. The van der Waals surface area contributed by atoms with Gasteiger partial charge in [-0.05, 0) is 36.1 Å². The van der Waals surface area contributed by atoms with Crippen LogP contribution in [0.1, 0.15) is 42.1 Å². The quantitative estimate of drug-likeness (QED) is 0.644. The number of carbonyl (C=O) groups excluding carboxylic acids is 3. The third kappa shape index (κ3) is 5.32. The molecule has 2 saturated heterocycles. The highest BCUT2D eigenvalue weighted by molar-refractivity contribution is 6.00. The highest BCUT2D eigenvalue weighted by Crippen LogP contribution is 2.35. The van der Waals surface area contributed by atoms with Crippen LogP contribution in [0.4, 0.5) is 20.6 Å². The third-order valence-corrected chi connectivity index (χ3v) is 7.65. The molecule has 0 saturated carbocycles. The molecule has 2 aliphatic heterocycles. The number of cyclic esters (lactones) is 1. The average molecular weight is 509 g/mol. The number of ketones is 1. The summed E-state index contributed by atoms with van der Waals surface area (Å²) in [6, 6.07) is 12.7. The van der Waals surface area contributed by atoms with Crippen molar-refractivity contribution in [1.29, 1.82) is 0 Å². The zero-order chi connectivity index (χ0) is 26.1. The van der Waals surface area contributed by atoms with Crippen molar-refractivity contribution in [3.63, 3.8) is 0 Å². The second kappa shape index (κ2) is 10.5. The molecule has 37 heavy (non-hydrogen) atoms. The Morgan fingerprint density at radius 2 is 1.86 bits per heavy atom. The highest BCUT2D eigenvalue weighted by Gasteiger charge is 2.34. The minimum atomic E-state index is -0.551. The Labute approximate surface area is 216 Å². The number of Topliss-reactive ketones (excluding diaryl/α,β-unsaturated/α-hetero) is 1. The smallest absolute Gasteiger partial charge is 0.414 e. The van der Waals surface area contributed by atoms with E-state index in [4.69, 9.17) is 4.74 Å². The summed E-state index contributed by atoms with van der Waals surface area (Å²) >= 11 is 0. The van der Waals surface area contributed by atoms with Crippen LogP contribution in [0.5, 0.6) is 0 Å². The molecule has 3 unspecified atom stereocenters. The first-order valence-corrected chi connectivity index (χ1v) is 12.9. The SMILES string of the molecule is CC(=O)NCC1CN(c2ccc(N3CCN(CC4CC(C)c5ccccc5C4=O)CC3)c(F)c2)C(=O)O1. The summed E-state index contributed by atoms with van der Waals surface area (Å²) in [7, 11) is 0. The van der Waals surface area contributed by atoms with E-state index in [0.29, 0.717) is 30.4 Å². The van der Waals surface area contributed by atoms with Crippen LogP contribution in [0.3, 0.4) is 0 Å². The van der Waals surface area contributed by atoms with E-state index in [1.807, 2.05) is 23.1 Å². The molecule has 3 aliphatic rings. The molecule has 2 heterocycles.